The molecule has 2 aliphatic heterocycles. The van der Waals surface area contributed by atoms with Crippen LogP contribution in [0, 0.1) is 11.7 Å². The first-order chi connectivity index (χ1) is 8.22. The van der Waals surface area contributed by atoms with Gasteiger partial charge in [0.1, 0.15) is 11.4 Å². The van der Waals surface area contributed by atoms with Gasteiger partial charge in [-0.2, -0.15) is 0 Å². The van der Waals surface area contributed by atoms with Crippen molar-refractivity contribution in [3.8, 4) is 0 Å². The van der Waals surface area contributed by atoms with E-state index in [1.165, 1.54) is 6.07 Å². The van der Waals surface area contributed by atoms with Crippen LogP contribution in [0.4, 0.5) is 4.39 Å². The van der Waals surface area contributed by atoms with Gasteiger partial charge in [0.05, 0.1) is 19.8 Å². The Morgan fingerprint density at radius 2 is 2.18 bits per heavy atom. The van der Waals surface area contributed by atoms with Crippen molar-refractivity contribution in [2.24, 2.45) is 16.6 Å². The minimum Gasteiger partial charge on any atom is -0.465 e. The Morgan fingerprint density at radius 3 is 3.00 bits per heavy atom. The molecule has 1 aromatic carbocycles. The topological polar surface area (TPSA) is 56.8 Å². The number of hydrogen-bond acceptors (Lipinski definition) is 4. The second kappa shape index (κ2) is 3.70. The summed E-state index contributed by atoms with van der Waals surface area (Å²) in [6.45, 7) is 1.29. The minimum absolute atomic E-state index is 0.0201. The van der Waals surface area contributed by atoms with Gasteiger partial charge in [-0.1, -0.05) is 18.2 Å². The second-order valence-electron chi connectivity index (χ2n) is 4.38. The number of nitrogens with zero attached hydrogens (tertiary/aromatic N) is 1. The SMILES string of the molecule is NC1=NC2(c3ccccc3F)COC[C@H]2CO1. The fourth-order valence-corrected chi connectivity index (χ4v) is 2.51. The summed E-state index contributed by atoms with van der Waals surface area (Å²) >= 11 is 0. The van der Waals surface area contributed by atoms with Gasteiger partial charge >= 0.3 is 0 Å². The zero-order valence-corrected chi connectivity index (χ0v) is 9.23. The number of amidine groups is 1. The number of aliphatic imine (C=N–C) groups is 1. The fraction of sp³-hybridized carbons (Fsp3) is 0.417. The van der Waals surface area contributed by atoms with E-state index >= 15 is 0 Å². The van der Waals surface area contributed by atoms with Crippen molar-refractivity contribution < 1.29 is 13.9 Å². The Bertz CT molecular complexity index is 477. The lowest BCUT2D eigenvalue weighted by molar-refractivity contribution is 0.154. The van der Waals surface area contributed by atoms with Crippen LogP contribution >= 0.6 is 0 Å². The van der Waals surface area contributed by atoms with E-state index in [1.54, 1.807) is 18.2 Å². The molecule has 17 heavy (non-hydrogen) atoms. The number of fused-ring (bicyclic) bond motifs is 1. The summed E-state index contributed by atoms with van der Waals surface area (Å²) in [5.74, 6) is -0.256. The minimum atomic E-state index is -0.715. The van der Waals surface area contributed by atoms with Gasteiger partial charge in [0.2, 0.25) is 0 Å². The fourth-order valence-electron chi connectivity index (χ4n) is 2.51. The molecule has 2 heterocycles. The Balaban J connectivity index is 2.15. The molecular weight excluding hydrogens is 223 g/mol. The summed E-state index contributed by atoms with van der Waals surface area (Å²) in [5, 5.41) is 0. The van der Waals surface area contributed by atoms with Gasteiger partial charge in [-0.05, 0) is 6.07 Å². The first kappa shape index (κ1) is 10.5. The molecule has 0 amide bonds. The maximum atomic E-state index is 13.9. The van der Waals surface area contributed by atoms with Crippen LogP contribution in [0.2, 0.25) is 0 Å². The van der Waals surface area contributed by atoms with Gasteiger partial charge < -0.3 is 15.2 Å². The highest BCUT2D eigenvalue weighted by Crippen LogP contribution is 2.42. The van der Waals surface area contributed by atoms with Crippen molar-refractivity contribution in [1.82, 2.24) is 0 Å². The van der Waals surface area contributed by atoms with Crippen LogP contribution in [0.1, 0.15) is 5.56 Å². The van der Waals surface area contributed by atoms with Crippen LogP contribution in [0.3, 0.4) is 0 Å². The molecule has 1 aromatic rings. The molecule has 0 saturated carbocycles. The summed E-state index contributed by atoms with van der Waals surface area (Å²) in [5.41, 5.74) is 5.43. The summed E-state index contributed by atoms with van der Waals surface area (Å²) in [7, 11) is 0. The maximum Gasteiger partial charge on any atom is 0.282 e. The Labute approximate surface area is 98.2 Å². The van der Waals surface area contributed by atoms with Crippen molar-refractivity contribution in [3.05, 3.63) is 35.6 Å². The number of ether oxygens (including phenoxy) is 2. The molecule has 1 fully saturated rings. The molecule has 1 saturated heterocycles. The molecule has 0 aliphatic carbocycles. The van der Waals surface area contributed by atoms with Gasteiger partial charge in [-0.25, -0.2) is 9.38 Å². The Kier molecular flexibility index (Phi) is 2.29. The van der Waals surface area contributed by atoms with Gasteiger partial charge in [-0.3, -0.25) is 0 Å². The predicted octanol–water partition coefficient (Wildman–Crippen LogP) is 1.01. The van der Waals surface area contributed by atoms with Gasteiger partial charge in [0.25, 0.3) is 6.02 Å². The van der Waals surface area contributed by atoms with Crippen LogP contribution in [-0.2, 0) is 15.0 Å². The third-order valence-electron chi connectivity index (χ3n) is 3.40. The van der Waals surface area contributed by atoms with Crippen molar-refractivity contribution in [1.29, 1.82) is 0 Å². The Morgan fingerprint density at radius 1 is 1.35 bits per heavy atom. The van der Waals surface area contributed by atoms with E-state index in [2.05, 4.69) is 4.99 Å². The molecule has 2 atom stereocenters. The average molecular weight is 236 g/mol. The number of nitrogens with two attached hydrogens (primary N) is 1. The van der Waals surface area contributed by atoms with Crippen molar-refractivity contribution in [2.45, 2.75) is 5.54 Å². The molecule has 5 heteroatoms. The van der Waals surface area contributed by atoms with Gasteiger partial charge in [0.15, 0.2) is 0 Å². The monoisotopic (exact) mass is 236 g/mol. The van der Waals surface area contributed by atoms with E-state index in [1.807, 2.05) is 0 Å². The van der Waals surface area contributed by atoms with E-state index in [9.17, 15) is 4.39 Å². The quantitative estimate of drug-likeness (QED) is 0.791. The summed E-state index contributed by atoms with van der Waals surface area (Å²) in [4.78, 5) is 4.31. The van der Waals surface area contributed by atoms with Crippen molar-refractivity contribution >= 4 is 6.02 Å². The molecule has 2 aliphatic rings. The zero-order chi connectivity index (χ0) is 11.9. The van der Waals surface area contributed by atoms with Crippen molar-refractivity contribution in [2.75, 3.05) is 19.8 Å². The first-order valence-electron chi connectivity index (χ1n) is 5.53. The molecule has 0 aromatic heterocycles. The molecule has 90 valence electrons. The van der Waals surface area contributed by atoms with Gasteiger partial charge in [-0.15, -0.1) is 0 Å². The normalized spacial score (nSPS) is 31.6. The molecule has 0 radical (unpaired) electrons. The van der Waals surface area contributed by atoms with Crippen LogP contribution in [0.15, 0.2) is 29.3 Å². The van der Waals surface area contributed by atoms with Crippen LogP contribution < -0.4 is 5.73 Å². The molecule has 4 nitrogen and oxygen atoms in total. The van der Waals surface area contributed by atoms with E-state index in [-0.39, 0.29) is 17.8 Å². The number of benzene rings is 1. The van der Waals surface area contributed by atoms with Gasteiger partial charge in [0, 0.05) is 11.5 Å². The molecule has 1 unspecified atom stereocenters. The lowest BCUT2D eigenvalue weighted by Gasteiger charge is -2.34. The van der Waals surface area contributed by atoms with E-state index in [0.717, 1.165) is 0 Å². The number of halogens is 1. The van der Waals surface area contributed by atoms with E-state index < -0.39 is 5.54 Å². The lowest BCUT2D eigenvalue weighted by Crippen LogP contribution is -2.43. The zero-order valence-electron chi connectivity index (χ0n) is 9.23. The second-order valence-corrected chi connectivity index (χ2v) is 4.38. The summed E-state index contributed by atoms with van der Waals surface area (Å²) in [6, 6.07) is 6.73. The van der Waals surface area contributed by atoms with Crippen LogP contribution in [-0.4, -0.2) is 25.8 Å². The highest BCUT2D eigenvalue weighted by Gasteiger charge is 2.49. The molecular formula is C12H13FN2O2. The number of rotatable bonds is 1. The molecule has 2 N–H and O–H groups in total. The molecule has 0 bridgehead atoms. The number of hydrogen-bond donors (Lipinski definition) is 1. The predicted molar refractivity (Wildman–Crippen MR) is 60.0 cm³/mol. The Hall–Kier alpha value is -1.62. The molecule has 3 rings (SSSR count). The maximum absolute atomic E-state index is 13.9. The average Bonchev–Trinajstić information content (AvgIpc) is 2.73. The van der Waals surface area contributed by atoms with E-state index in [0.29, 0.717) is 25.4 Å². The first-order valence-corrected chi connectivity index (χ1v) is 5.53. The van der Waals surface area contributed by atoms with Crippen LogP contribution in [0.25, 0.3) is 0 Å². The highest BCUT2D eigenvalue weighted by atomic mass is 19.1. The van der Waals surface area contributed by atoms with Crippen LogP contribution in [0.5, 0.6) is 0 Å². The smallest absolute Gasteiger partial charge is 0.282 e. The molecule has 0 spiro atoms. The third kappa shape index (κ3) is 1.50. The highest BCUT2D eigenvalue weighted by molar-refractivity contribution is 5.73. The lowest BCUT2D eigenvalue weighted by atomic mass is 9.80. The standard InChI is InChI=1S/C12H13FN2O2/c13-10-4-2-1-3-9(10)12-7-16-5-8(12)6-17-11(14)15-12/h1-4,8H,5-7H2,(H2,14,15)/t8-,12?/m0/s1. The van der Waals surface area contributed by atoms with E-state index in [4.69, 9.17) is 15.2 Å². The largest absolute Gasteiger partial charge is 0.465 e. The third-order valence-corrected chi connectivity index (χ3v) is 3.40. The summed E-state index contributed by atoms with van der Waals surface area (Å²) < 4.78 is 24.6. The summed E-state index contributed by atoms with van der Waals surface area (Å²) in [6.07, 6.45) is 0. The van der Waals surface area contributed by atoms with Crippen molar-refractivity contribution in [3.63, 3.8) is 0 Å².